The SMILES string of the molecule is O=Cc1cc(C(F)(F)F)c[nH]c1=O.O=c1[nH]cc(C(F)(F)F)cc1Br. The molecule has 5 nitrogen and oxygen atoms in total. The van der Waals surface area contributed by atoms with Gasteiger partial charge in [-0.25, -0.2) is 0 Å². The van der Waals surface area contributed by atoms with Crippen molar-refractivity contribution < 1.29 is 31.1 Å². The third-order valence-corrected chi connectivity index (χ3v) is 3.16. The van der Waals surface area contributed by atoms with E-state index in [0.29, 0.717) is 18.5 Å². The number of nitrogens with one attached hydrogen (secondary N) is 2. The molecule has 0 saturated carbocycles. The van der Waals surface area contributed by atoms with E-state index in [-0.39, 0.29) is 10.8 Å². The smallest absolute Gasteiger partial charge is 0.328 e. The number of carbonyl (C=O) groups excluding carboxylic acids is 1. The van der Waals surface area contributed by atoms with Gasteiger partial charge in [-0.05, 0) is 28.1 Å². The second-order valence-electron chi connectivity index (χ2n) is 4.35. The Balaban J connectivity index is 0.000000251. The van der Waals surface area contributed by atoms with E-state index in [1.54, 1.807) is 0 Å². The van der Waals surface area contributed by atoms with Crippen molar-refractivity contribution in [1.29, 1.82) is 0 Å². The largest absolute Gasteiger partial charge is 0.417 e. The molecule has 12 heteroatoms. The highest BCUT2D eigenvalue weighted by Gasteiger charge is 2.31. The lowest BCUT2D eigenvalue weighted by molar-refractivity contribution is -0.138. The standard InChI is InChI=1S/C7H4F3NO2.C6H3BrF3NO/c8-7(9,10)5-1-4(3-12)6(13)11-2-5;7-4-1-3(6(8,9)10)2-11-5(4)12/h1-3H,(H,11,13);1-2H,(H,11,12). The van der Waals surface area contributed by atoms with Gasteiger partial charge in [0.25, 0.3) is 11.1 Å². The minimum Gasteiger partial charge on any atom is -0.328 e. The van der Waals surface area contributed by atoms with Gasteiger partial charge in [0, 0.05) is 12.4 Å². The number of pyridine rings is 2. The Kier molecular flexibility index (Phi) is 6.35. The summed E-state index contributed by atoms with van der Waals surface area (Å²) in [5.41, 5.74) is -3.87. The Hall–Kier alpha value is -2.37. The van der Waals surface area contributed by atoms with Crippen LogP contribution in [0.5, 0.6) is 0 Å². The molecule has 0 unspecified atom stereocenters. The fraction of sp³-hybridized carbons (Fsp3) is 0.154. The lowest BCUT2D eigenvalue weighted by Gasteiger charge is -2.05. The fourth-order valence-electron chi connectivity index (χ4n) is 1.37. The highest BCUT2D eigenvalue weighted by molar-refractivity contribution is 9.10. The zero-order chi connectivity index (χ0) is 19.4. The molecule has 25 heavy (non-hydrogen) atoms. The highest BCUT2D eigenvalue weighted by Crippen LogP contribution is 2.29. The predicted molar refractivity (Wildman–Crippen MR) is 77.2 cm³/mol. The molecule has 0 saturated heterocycles. The zero-order valence-corrected chi connectivity index (χ0v) is 13.3. The van der Waals surface area contributed by atoms with Gasteiger partial charge in [-0.15, -0.1) is 0 Å². The number of aromatic nitrogens is 2. The van der Waals surface area contributed by atoms with Crippen LogP contribution < -0.4 is 11.1 Å². The molecule has 0 bridgehead atoms. The summed E-state index contributed by atoms with van der Waals surface area (Å²) in [5, 5.41) is 0. The number of alkyl halides is 6. The molecule has 0 aliphatic heterocycles. The maximum atomic E-state index is 12.0. The molecule has 2 aromatic heterocycles. The number of halogens is 7. The van der Waals surface area contributed by atoms with Crippen LogP contribution in [0.2, 0.25) is 0 Å². The summed E-state index contributed by atoms with van der Waals surface area (Å²) in [4.78, 5) is 35.2. The van der Waals surface area contributed by atoms with Crippen LogP contribution in [0.4, 0.5) is 26.3 Å². The van der Waals surface area contributed by atoms with Crippen molar-refractivity contribution in [3.8, 4) is 0 Å². The van der Waals surface area contributed by atoms with Crippen LogP contribution in [0.15, 0.2) is 38.6 Å². The van der Waals surface area contributed by atoms with Crippen LogP contribution in [-0.4, -0.2) is 16.3 Å². The molecule has 0 aliphatic rings. The molecular weight excluding hydrogens is 426 g/mol. The van der Waals surface area contributed by atoms with Crippen LogP contribution >= 0.6 is 15.9 Å². The summed E-state index contributed by atoms with van der Waals surface area (Å²) in [7, 11) is 0. The minimum absolute atomic E-state index is 0.0775. The van der Waals surface area contributed by atoms with Crippen molar-refractivity contribution in [2.75, 3.05) is 0 Å². The predicted octanol–water partition coefficient (Wildman–Crippen LogP) is 3.36. The quantitative estimate of drug-likeness (QED) is 0.535. The molecule has 0 aromatic carbocycles. The molecule has 0 aliphatic carbocycles. The lowest BCUT2D eigenvalue weighted by atomic mass is 10.2. The number of rotatable bonds is 1. The van der Waals surface area contributed by atoms with Crippen LogP contribution in [-0.2, 0) is 12.4 Å². The molecule has 0 radical (unpaired) electrons. The topological polar surface area (TPSA) is 82.8 Å². The van der Waals surface area contributed by atoms with E-state index in [9.17, 15) is 40.7 Å². The summed E-state index contributed by atoms with van der Waals surface area (Å²) in [6.45, 7) is 0. The third kappa shape index (κ3) is 5.89. The molecule has 0 atom stereocenters. The first-order valence-corrected chi connectivity index (χ1v) is 6.86. The van der Waals surface area contributed by atoms with E-state index in [4.69, 9.17) is 0 Å². The third-order valence-electron chi connectivity index (χ3n) is 2.57. The molecule has 2 N–H and O–H groups in total. The monoisotopic (exact) mass is 432 g/mol. The average molecular weight is 433 g/mol. The second kappa shape index (κ2) is 7.68. The Labute approximate surface area is 142 Å². The van der Waals surface area contributed by atoms with Crippen molar-refractivity contribution in [3.05, 3.63) is 66.4 Å². The van der Waals surface area contributed by atoms with Crippen molar-refractivity contribution in [2.24, 2.45) is 0 Å². The van der Waals surface area contributed by atoms with Crippen LogP contribution in [0.25, 0.3) is 0 Å². The first-order chi connectivity index (χ1) is 11.4. The fourth-order valence-corrected chi connectivity index (χ4v) is 1.73. The van der Waals surface area contributed by atoms with E-state index >= 15 is 0 Å². The number of carbonyl (C=O) groups is 1. The number of H-pyrrole nitrogens is 2. The summed E-state index contributed by atoms with van der Waals surface area (Å²) >= 11 is 2.69. The zero-order valence-electron chi connectivity index (χ0n) is 11.8. The van der Waals surface area contributed by atoms with E-state index in [2.05, 4.69) is 15.9 Å². The van der Waals surface area contributed by atoms with Gasteiger partial charge in [0.1, 0.15) is 0 Å². The maximum Gasteiger partial charge on any atom is 0.417 e. The Morgan fingerprint density at radius 3 is 1.68 bits per heavy atom. The first kappa shape index (κ1) is 20.7. The number of aromatic amines is 2. The molecule has 0 fully saturated rings. The molecule has 2 rings (SSSR count). The van der Waals surface area contributed by atoms with Gasteiger partial charge in [0.2, 0.25) is 0 Å². The number of aldehydes is 1. The van der Waals surface area contributed by atoms with Gasteiger partial charge in [-0.1, -0.05) is 0 Å². The van der Waals surface area contributed by atoms with Crippen molar-refractivity contribution in [2.45, 2.75) is 12.4 Å². The summed E-state index contributed by atoms with van der Waals surface area (Å²) < 4.78 is 71.7. The first-order valence-electron chi connectivity index (χ1n) is 6.06. The Bertz CT molecular complexity index is 870. The Morgan fingerprint density at radius 1 is 0.840 bits per heavy atom. The highest BCUT2D eigenvalue weighted by atomic mass is 79.9. The van der Waals surface area contributed by atoms with Crippen molar-refractivity contribution in [3.63, 3.8) is 0 Å². The summed E-state index contributed by atoms with van der Waals surface area (Å²) in [5.74, 6) is 0. The molecule has 0 amide bonds. The van der Waals surface area contributed by atoms with Gasteiger partial charge in [-0.3, -0.25) is 14.4 Å². The molecular formula is C13H7BrF6N2O3. The van der Waals surface area contributed by atoms with E-state index in [1.807, 2.05) is 9.97 Å². The van der Waals surface area contributed by atoms with Crippen LogP contribution in [0, 0.1) is 0 Å². The van der Waals surface area contributed by atoms with E-state index in [0.717, 1.165) is 6.07 Å². The van der Waals surface area contributed by atoms with E-state index in [1.165, 1.54) is 0 Å². The van der Waals surface area contributed by atoms with E-state index < -0.39 is 40.2 Å². The maximum absolute atomic E-state index is 12.0. The van der Waals surface area contributed by atoms with Gasteiger partial charge in [0.15, 0.2) is 6.29 Å². The lowest BCUT2D eigenvalue weighted by Crippen LogP contribution is -2.15. The molecule has 2 heterocycles. The van der Waals surface area contributed by atoms with Gasteiger partial charge < -0.3 is 9.97 Å². The Morgan fingerprint density at radius 2 is 1.28 bits per heavy atom. The van der Waals surface area contributed by atoms with Crippen LogP contribution in [0.1, 0.15) is 21.5 Å². The second-order valence-corrected chi connectivity index (χ2v) is 5.21. The molecule has 0 spiro atoms. The van der Waals surface area contributed by atoms with Crippen molar-refractivity contribution in [1.82, 2.24) is 9.97 Å². The molecule has 136 valence electrons. The van der Waals surface area contributed by atoms with Gasteiger partial charge in [-0.2, -0.15) is 26.3 Å². The average Bonchev–Trinajstić information content (AvgIpc) is 2.49. The van der Waals surface area contributed by atoms with Gasteiger partial charge in [0.05, 0.1) is 21.2 Å². The minimum atomic E-state index is -4.55. The number of hydrogen-bond acceptors (Lipinski definition) is 3. The number of hydrogen-bond donors (Lipinski definition) is 2. The van der Waals surface area contributed by atoms with Crippen LogP contribution in [0.3, 0.4) is 0 Å². The summed E-state index contributed by atoms with van der Waals surface area (Å²) in [6, 6.07) is 1.24. The van der Waals surface area contributed by atoms with Crippen molar-refractivity contribution >= 4 is 22.2 Å². The normalized spacial score (nSPS) is 11.5. The molecule has 2 aromatic rings. The summed E-state index contributed by atoms with van der Waals surface area (Å²) in [6.07, 6.45) is -7.74. The van der Waals surface area contributed by atoms with Gasteiger partial charge >= 0.3 is 12.4 Å².